The zero-order valence-electron chi connectivity index (χ0n) is 15.3. The Balaban J connectivity index is 1.43. The first-order valence-electron chi connectivity index (χ1n) is 9.54. The molecule has 25 heavy (non-hydrogen) atoms. The molecule has 1 saturated carbocycles. The predicted molar refractivity (Wildman–Crippen MR) is 104 cm³/mol. The third-order valence-corrected chi connectivity index (χ3v) is 6.97. The van der Waals surface area contributed by atoms with Crippen molar-refractivity contribution in [1.82, 2.24) is 9.88 Å². The minimum atomic E-state index is 0.286. The Kier molecular flexibility index (Phi) is 4.67. The van der Waals surface area contributed by atoms with Crippen molar-refractivity contribution in [3.8, 4) is 0 Å². The van der Waals surface area contributed by atoms with Gasteiger partial charge in [-0.05, 0) is 43.9 Å². The molecule has 2 heterocycles. The number of nitrogens with zero attached hydrogens (tertiary/aromatic N) is 3. The highest BCUT2D eigenvalue weighted by Crippen LogP contribution is 2.32. The molecule has 0 atom stereocenters. The Labute approximate surface area is 153 Å². The maximum absolute atomic E-state index is 12.7. The maximum atomic E-state index is 12.7. The van der Waals surface area contributed by atoms with Gasteiger partial charge in [0, 0.05) is 32.1 Å². The van der Waals surface area contributed by atoms with Crippen molar-refractivity contribution >= 4 is 32.6 Å². The van der Waals surface area contributed by atoms with Gasteiger partial charge in [0.05, 0.1) is 10.2 Å². The van der Waals surface area contributed by atoms with Gasteiger partial charge in [-0.2, -0.15) is 0 Å². The smallest absolute Gasteiger partial charge is 0.225 e. The van der Waals surface area contributed by atoms with Crippen LogP contribution in [0.25, 0.3) is 10.2 Å². The molecule has 1 saturated heterocycles. The molecule has 1 aliphatic heterocycles. The van der Waals surface area contributed by atoms with Crippen LogP contribution in [0.15, 0.2) is 12.1 Å². The van der Waals surface area contributed by atoms with E-state index in [0.717, 1.165) is 49.7 Å². The number of fused-ring (bicyclic) bond motifs is 1. The molecule has 0 radical (unpaired) electrons. The number of hydrogen-bond acceptors (Lipinski definition) is 4. The van der Waals surface area contributed by atoms with Crippen LogP contribution in [0.2, 0.25) is 0 Å². The lowest BCUT2D eigenvalue weighted by Crippen LogP contribution is -2.50. The van der Waals surface area contributed by atoms with Crippen LogP contribution < -0.4 is 4.90 Å². The number of carbonyl (C=O) groups excluding carboxylic acids is 1. The molecule has 4 rings (SSSR count). The Morgan fingerprint density at radius 1 is 1.08 bits per heavy atom. The summed E-state index contributed by atoms with van der Waals surface area (Å²) in [4.78, 5) is 22.1. The molecule has 0 unspecified atom stereocenters. The third-order valence-electron chi connectivity index (χ3n) is 5.89. The number of piperazine rings is 1. The van der Waals surface area contributed by atoms with E-state index in [2.05, 4.69) is 35.8 Å². The molecular weight excluding hydrogens is 330 g/mol. The maximum Gasteiger partial charge on any atom is 0.225 e. The number of hydrogen-bond donors (Lipinski definition) is 0. The van der Waals surface area contributed by atoms with E-state index in [4.69, 9.17) is 4.98 Å². The van der Waals surface area contributed by atoms with E-state index in [0.29, 0.717) is 5.91 Å². The Morgan fingerprint density at radius 2 is 1.80 bits per heavy atom. The van der Waals surface area contributed by atoms with E-state index in [1.807, 2.05) is 0 Å². The fourth-order valence-electron chi connectivity index (χ4n) is 4.08. The summed E-state index contributed by atoms with van der Waals surface area (Å²) in [7, 11) is 0. The summed E-state index contributed by atoms with van der Waals surface area (Å²) < 4.78 is 1.26. The number of aromatic nitrogens is 1. The molecule has 2 aromatic rings. The second kappa shape index (κ2) is 6.94. The summed E-state index contributed by atoms with van der Waals surface area (Å²) in [5.41, 5.74) is 3.72. The van der Waals surface area contributed by atoms with E-state index in [1.54, 1.807) is 11.3 Å². The average Bonchev–Trinajstić information content (AvgIpc) is 3.10. The van der Waals surface area contributed by atoms with Crippen molar-refractivity contribution in [1.29, 1.82) is 0 Å². The van der Waals surface area contributed by atoms with Crippen molar-refractivity contribution < 1.29 is 4.79 Å². The van der Waals surface area contributed by atoms with Crippen LogP contribution in [0, 0.1) is 19.8 Å². The largest absolute Gasteiger partial charge is 0.345 e. The zero-order valence-corrected chi connectivity index (χ0v) is 16.1. The summed E-state index contributed by atoms with van der Waals surface area (Å²) >= 11 is 1.78. The topological polar surface area (TPSA) is 36.4 Å². The Hall–Kier alpha value is -1.62. The summed E-state index contributed by atoms with van der Waals surface area (Å²) in [6, 6.07) is 4.36. The van der Waals surface area contributed by atoms with Crippen LogP contribution in [-0.4, -0.2) is 42.0 Å². The highest BCUT2D eigenvalue weighted by Gasteiger charge is 2.29. The summed E-state index contributed by atoms with van der Waals surface area (Å²) in [6.07, 6.45) is 5.93. The molecule has 134 valence electrons. The van der Waals surface area contributed by atoms with Gasteiger partial charge in [0.15, 0.2) is 5.13 Å². The minimum Gasteiger partial charge on any atom is -0.345 e. The molecular formula is C20H27N3OS. The number of rotatable bonds is 2. The molecule has 0 N–H and O–H groups in total. The van der Waals surface area contributed by atoms with Crippen molar-refractivity contribution in [2.24, 2.45) is 5.92 Å². The van der Waals surface area contributed by atoms with Gasteiger partial charge >= 0.3 is 0 Å². The quantitative estimate of drug-likeness (QED) is 0.810. The van der Waals surface area contributed by atoms with E-state index in [-0.39, 0.29) is 5.92 Å². The highest BCUT2D eigenvalue weighted by atomic mass is 32.1. The molecule has 5 heteroatoms. The zero-order chi connectivity index (χ0) is 17.4. The first-order chi connectivity index (χ1) is 12.1. The second-order valence-electron chi connectivity index (χ2n) is 7.50. The molecule has 1 aromatic carbocycles. The van der Waals surface area contributed by atoms with Gasteiger partial charge < -0.3 is 9.80 Å². The van der Waals surface area contributed by atoms with Crippen LogP contribution in [0.5, 0.6) is 0 Å². The molecule has 1 aliphatic carbocycles. The van der Waals surface area contributed by atoms with Gasteiger partial charge in [-0.1, -0.05) is 36.7 Å². The lowest BCUT2D eigenvalue weighted by Gasteiger charge is -2.37. The minimum absolute atomic E-state index is 0.286. The molecule has 1 amide bonds. The SMILES string of the molecule is Cc1ccc2sc(N3CCN(C(=O)C4CCCCC4)CC3)nc2c1C. The van der Waals surface area contributed by atoms with Gasteiger partial charge in [0.25, 0.3) is 0 Å². The van der Waals surface area contributed by atoms with Gasteiger partial charge in [-0.15, -0.1) is 0 Å². The molecule has 0 bridgehead atoms. The summed E-state index contributed by atoms with van der Waals surface area (Å²) in [5.74, 6) is 0.684. The van der Waals surface area contributed by atoms with Crippen molar-refractivity contribution in [2.45, 2.75) is 46.0 Å². The van der Waals surface area contributed by atoms with Gasteiger partial charge in [0.1, 0.15) is 0 Å². The van der Waals surface area contributed by atoms with Crippen LogP contribution in [0.1, 0.15) is 43.2 Å². The lowest BCUT2D eigenvalue weighted by atomic mass is 9.88. The first-order valence-corrected chi connectivity index (χ1v) is 10.4. The molecule has 1 aromatic heterocycles. The van der Waals surface area contributed by atoms with E-state index >= 15 is 0 Å². The number of thiazole rings is 1. The van der Waals surface area contributed by atoms with Crippen molar-refractivity contribution in [2.75, 3.05) is 31.1 Å². The summed E-state index contributed by atoms with van der Waals surface area (Å²) in [5, 5.41) is 1.11. The number of carbonyl (C=O) groups is 1. The van der Waals surface area contributed by atoms with Crippen LogP contribution in [0.4, 0.5) is 5.13 Å². The van der Waals surface area contributed by atoms with Crippen molar-refractivity contribution in [3.63, 3.8) is 0 Å². The van der Waals surface area contributed by atoms with Gasteiger partial charge in [-0.3, -0.25) is 4.79 Å². The number of anilines is 1. The van der Waals surface area contributed by atoms with E-state index in [9.17, 15) is 4.79 Å². The number of benzene rings is 1. The molecule has 2 aliphatic rings. The van der Waals surface area contributed by atoms with Crippen molar-refractivity contribution in [3.05, 3.63) is 23.3 Å². The normalized spacial score (nSPS) is 19.6. The predicted octanol–water partition coefficient (Wildman–Crippen LogP) is 4.14. The molecule has 0 spiro atoms. The first kappa shape index (κ1) is 16.8. The van der Waals surface area contributed by atoms with E-state index < -0.39 is 0 Å². The lowest BCUT2D eigenvalue weighted by molar-refractivity contribution is -0.136. The molecule has 2 fully saturated rings. The van der Waals surface area contributed by atoms with Gasteiger partial charge in [-0.25, -0.2) is 4.98 Å². The second-order valence-corrected chi connectivity index (χ2v) is 8.51. The molecule has 4 nitrogen and oxygen atoms in total. The number of aryl methyl sites for hydroxylation is 2. The van der Waals surface area contributed by atoms with Crippen LogP contribution in [0.3, 0.4) is 0 Å². The van der Waals surface area contributed by atoms with E-state index in [1.165, 1.54) is 35.1 Å². The average molecular weight is 358 g/mol. The van der Waals surface area contributed by atoms with Crippen LogP contribution >= 0.6 is 11.3 Å². The fourth-order valence-corrected chi connectivity index (χ4v) is 5.15. The highest BCUT2D eigenvalue weighted by molar-refractivity contribution is 7.22. The summed E-state index contributed by atoms with van der Waals surface area (Å²) in [6.45, 7) is 7.77. The monoisotopic (exact) mass is 357 g/mol. The van der Waals surface area contributed by atoms with Crippen LogP contribution in [-0.2, 0) is 4.79 Å². The Bertz CT molecular complexity index is 771. The fraction of sp³-hybridized carbons (Fsp3) is 0.600. The standard InChI is InChI=1S/C20H27N3OS/c1-14-8-9-17-18(15(14)2)21-20(25-17)23-12-10-22(11-13-23)19(24)16-6-4-3-5-7-16/h8-9,16H,3-7,10-13H2,1-2H3. The van der Waals surface area contributed by atoms with Gasteiger partial charge in [0.2, 0.25) is 5.91 Å². The third kappa shape index (κ3) is 3.26. The Morgan fingerprint density at radius 3 is 2.52 bits per heavy atom. The number of amides is 1.